The van der Waals surface area contributed by atoms with Crippen LogP contribution < -0.4 is 0 Å². The Kier molecular flexibility index (Phi) is 39.9. The average molecular weight is 723 g/mol. The summed E-state index contributed by atoms with van der Waals surface area (Å²) in [7, 11) is 0. The van der Waals surface area contributed by atoms with E-state index in [-0.39, 0.29) is 31.1 Å². The van der Waals surface area contributed by atoms with Crippen molar-refractivity contribution in [2.45, 2.75) is 258 Å². The predicted molar refractivity (Wildman–Crippen MR) is 215 cm³/mol. The number of rotatable bonds is 41. The lowest BCUT2D eigenvalue weighted by molar-refractivity contribution is -0.167. The fourth-order valence-corrected chi connectivity index (χ4v) is 6.68. The van der Waals surface area contributed by atoms with Gasteiger partial charge in [-0.25, -0.2) is 0 Å². The Balaban J connectivity index is 4.06. The van der Waals surface area contributed by atoms with Gasteiger partial charge >= 0.3 is 17.9 Å². The van der Waals surface area contributed by atoms with Crippen LogP contribution in [0, 0.1) is 0 Å². The molecule has 0 aliphatic heterocycles. The van der Waals surface area contributed by atoms with Crippen LogP contribution in [0.2, 0.25) is 0 Å². The maximum Gasteiger partial charge on any atom is 0.306 e. The second kappa shape index (κ2) is 41.2. The second-order valence-corrected chi connectivity index (χ2v) is 15.3. The molecule has 0 aromatic carbocycles. The van der Waals surface area contributed by atoms with Gasteiger partial charge in [0.05, 0.1) is 0 Å². The van der Waals surface area contributed by atoms with Crippen LogP contribution >= 0.6 is 0 Å². The monoisotopic (exact) mass is 723 g/mol. The van der Waals surface area contributed by atoms with Crippen LogP contribution in [-0.2, 0) is 28.6 Å². The van der Waals surface area contributed by atoms with Crippen molar-refractivity contribution in [1.82, 2.24) is 0 Å². The van der Waals surface area contributed by atoms with Crippen molar-refractivity contribution in [3.05, 3.63) is 0 Å². The van der Waals surface area contributed by atoms with E-state index >= 15 is 0 Å². The first-order valence-corrected chi connectivity index (χ1v) is 22.5. The molecule has 1 unspecified atom stereocenters. The molecule has 0 rings (SSSR count). The molecule has 51 heavy (non-hydrogen) atoms. The Bertz CT molecular complexity index is 753. The quantitative estimate of drug-likeness (QED) is 0.0355. The zero-order valence-corrected chi connectivity index (χ0v) is 34.4. The van der Waals surface area contributed by atoms with Crippen molar-refractivity contribution >= 4 is 17.9 Å². The summed E-state index contributed by atoms with van der Waals surface area (Å²) in [6, 6.07) is 0. The van der Waals surface area contributed by atoms with E-state index in [1.54, 1.807) is 0 Å². The summed E-state index contributed by atoms with van der Waals surface area (Å²) in [5.41, 5.74) is 0. The number of ether oxygens (including phenoxy) is 3. The Morgan fingerprint density at radius 3 is 0.784 bits per heavy atom. The van der Waals surface area contributed by atoms with E-state index in [1.165, 1.54) is 148 Å². The number of carbonyl (C=O) groups excluding carboxylic acids is 3. The number of esters is 3. The van der Waals surface area contributed by atoms with Crippen LogP contribution in [0.4, 0.5) is 0 Å². The summed E-state index contributed by atoms with van der Waals surface area (Å²) < 4.78 is 16.6. The van der Waals surface area contributed by atoms with E-state index in [1.807, 2.05) is 0 Å². The largest absolute Gasteiger partial charge is 0.462 e. The lowest BCUT2D eigenvalue weighted by Gasteiger charge is -2.18. The van der Waals surface area contributed by atoms with Crippen LogP contribution in [-0.4, -0.2) is 37.2 Å². The highest BCUT2D eigenvalue weighted by Gasteiger charge is 2.19. The van der Waals surface area contributed by atoms with Crippen molar-refractivity contribution in [3.8, 4) is 0 Å². The van der Waals surface area contributed by atoms with Gasteiger partial charge in [-0.15, -0.1) is 0 Å². The van der Waals surface area contributed by atoms with Gasteiger partial charge in [-0.2, -0.15) is 0 Å². The van der Waals surface area contributed by atoms with Crippen LogP contribution in [0.15, 0.2) is 0 Å². The molecule has 6 nitrogen and oxygen atoms in total. The van der Waals surface area contributed by atoms with Gasteiger partial charge in [-0.05, 0) is 19.3 Å². The molecule has 0 aromatic heterocycles. The third kappa shape index (κ3) is 39.5. The van der Waals surface area contributed by atoms with Gasteiger partial charge in [0.15, 0.2) is 6.10 Å². The molecule has 0 heterocycles. The zero-order valence-electron chi connectivity index (χ0n) is 34.4. The molecule has 0 spiro atoms. The standard InChI is InChI=1S/C45H86O6/c1-4-7-10-13-15-17-18-19-20-21-22-23-24-25-26-28-29-32-35-38-44(47)50-41-42(40-49-43(46)37-34-31-12-9-6-3)51-45(48)39-36-33-30-27-16-14-11-8-5-2/h42H,4-41H2,1-3H3. The van der Waals surface area contributed by atoms with Crippen molar-refractivity contribution in [2.75, 3.05) is 13.2 Å². The van der Waals surface area contributed by atoms with Gasteiger partial charge in [-0.3, -0.25) is 14.4 Å². The molecule has 0 aliphatic rings. The van der Waals surface area contributed by atoms with E-state index in [2.05, 4.69) is 20.8 Å². The molecule has 0 aliphatic carbocycles. The van der Waals surface area contributed by atoms with Crippen LogP contribution in [0.1, 0.15) is 252 Å². The number of unbranched alkanes of at least 4 members (excludes halogenated alkanes) is 30. The van der Waals surface area contributed by atoms with Gasteiger partial charge in [0, 0.05) is 19.3 Å². The highest BCUT2D eigenvalue weighted by molar-refractivity contribution is 5.71. The number of carbonyl (C=O) groups is 3. The zero-order chi connectivity index (χ0) is 37.3. The van der Waals surface area contributed by atoms with Gasteiger partial charge in [0.25, 0.3) is 0 Å². The van der Waals surface area contributed by atoms with Crippen molar-refractivity contribution in [3.63, 3.8) is 0 Å². The summed E-state index contributed by atoms with van der Waals surface area (Å²) in [6.07, 6.45) is 41.3. The molecular weight excluding hydrogens is 636 g/mol. The molecule has 302 valence electrons. The lowest BCUT2D eigenvalue weighted by atomic mass is 10.0. The smallest absolute Gasteiger partial charge is 0.306 e. The van der Waals surface area contributed by atoms with Crippen molar-refractivity contribution in [1.29, 1.82) is 0 Å². The Hall–Kier alpha value is -1.59. The maximum atomic E-state index is 12.6. The Labute approximate surface area is 317 Å². The lowest BCUT2D eigenvalue weighted by Crippen LogP contribution is -2.30. The van der Waals surface area contributed by atoms with Crippen LogP contribution in [0.5, 0.6) is 0 Å². The summed E-state index contributed by atoms with van der Waals surface area (Å²) in [6.45, 7) is 6.55. The molecule has 0 saturated heterocycles. The summed E-state index contributed by atoms with van der Waals surface area (Å²) in [5.74, 6) is -0.871. The number of hydrogen-bond acceptors (Lipinski definition) is 6. The highest BCUT2D eigenvalue weighted by atomic mass is 16.6. The maximum absolute atomic E-state index is 12.6. The fourth-order valence-electron chi connectivity index (χ4n) is 6.68. The molecular formula is C45H86O6. The minimum atomic E-state index is -0.755. The third-order valence-electron chi connectivity index (χ3n) is 10.1. The van der Waals surface area contributed by atoms with Gasteiger partial charge < -0.3 is 14.2 Å². The molecule has 1 atom stereocenters. The topological polar surface area (TPSA) is 78.9 Å². The Morgan fingerprint density at radius 1 is 0.314 bits per heavy atom. The molecule has 0 N–H and O–H groups in total. The van der Waals surface area contributed by atoms with E-state index in [0.717, 1.165) is 64.2 Å². The molecule has 0 amide bonds. The summed E-state index contributed by atoms with van der Waals surface area (Å²) >= 11 is 0. The molecule has 0 radical (unpaired) electrons. The average Bonchev–Trinajstić information content (AvgIpc) is 3.12. The molecule has 0 fully saturated rings. The second-order valence-electron chi connectivity index (χ2n) is 15.3. The fraction of sp³-hybridized carbons (Fsp3) is 0.933. The third-order valence-corrected chi connectivity index (χ3v) is 10.1. The molecule has 0 bridgehead atoms. The van der Waals surface area contributed by atoms with Crippen LogP contribution in [0.3, 0.4) is 0 Å². The van der Waals surface area contributed by atoms with E-state index in [0.29, 0.717) is 19.3 Å². The minimum absolute atomic E-state index is 0.0642. The van der Waals surface area contributed by atoms with Crippen molar-refractivity contribution in [2.24, 2.45) is 0 Å². The molecule has 6 heteroatoms. The van der Waals surface area contributed by atoms with Gasteiger partial charge in [-0.1, -0.05) is 213 Å². The number of hydrogen-bond donors (Lipinski definition) is 0. The predicted octanol–water partition coefficient (Wildman–Crippen LogP) is 14.1. The molecule has 0 aromatic rings. The van der Waals surface area contributed by atoms with E-state index < -0.39 is 6.10 Å². The Morgan fingerprint density at radius 2 is 0.529 bits per heavy atom. The highest BCUT2D eigenvalue weighted by Crippen LogP contribution is 2.16. The normalized spacial score (nSPS) is 11.8. The van der Waals surface area contributed by atoms with E-state index in [9.17, 15) is 14.4 Å². The summed E-state index contributed by atoms with van der Waals surface area (Å²) in [4.78, 5) is 37.3. The van der Waals surface area contributed by atoms with Crippen LogP contribution in [0.25, 0.3) is 0 Å². The van der Waals surface area contributed by atoms with Gasteiger partial charge in [0.2, 0.25) is 0 Å². The van der Waals surface area contributed by atoms with Crippen molar-refractivity contribution < 1.29 is 28.6 Å². The first-order valence-electron chi connectivity index (χ1n) is 22.5. The van der Waals surface area contributed by atoms with E-state index in [4.69, 9.17) is 14.2 Å². The molecule has 0 saturated carbocycles. The summed E-state index contributed by atoms with van der Waals surface area (Å²) in [5, 5.41) is 0. The first kappa shape index (κ1) is 49.4. The first-order chi connectivity index (χ1) is 25.0. The van der Waals surface area contributed by atoms with Gasteiger partial charge in [0.1, 0.15) is 13.2 Å². The minimum Gasteiger partial charge on any atom is -0.462 e. The SMILES string of the molecule is CCCCCCCCCCCCCCCCCCCCCC(=O)OCC(COC(=O)CCCCCCC)OC(=O)CCCCCCCCCCC.